The van der Waals surface area contributed by atoms with E-state index in [0.29, 0.717) is 0 Å². The van der Waals surface area contributed by atoms with Crippen LogP contribution < -0.4 is 0 Å². The average Bonchev–Trinajstić information content (AvgIpc) is 2.08. The van der Waals surface area contributed by atoms with Gasteiger partial charge in [0.05, 0.1) is 6.20 Å². The van der Waals surface area contributed by atoms with Crippen LogP contribution in [-0.2, 0) is 5.54 Å². The Morgan fingerprint density at radius 1 is 1.45 bits per heavy atom. The summed E-state index contributed by atoms with van der Waals surface area (Å²) in [6.45, 7) is 7.84. The van der Waals surface area contributed by atoms with E-state index in [2.05, 4.69) is 4.98 Å². The zero-order chi connectivity index (χ0) is 8.65. The Morgan fingerprint density at radius 3 is 2.18 bits per heavy atom. The number of hydrogen-bond donors (Lipinski definition) is 0. The third-order valence-corrected chi connectivity index (χ3v) is 1.58. The Balaban J connectivity index is 3.13. The van der Waals surface area contributed by atoms with Crippen LogP contribution in [0.25, 0.3) is 0 Å². The van der Waals surface area contributed by atoms with Gasteiger partial charge in [0.25, 0.3) is 0 Å². The van der Waals surface area contributed by atoms with Gasteiger partial charge in [0.15, 0.2) is 0 Å². The van der Waals surface area contributed by atoms with E-state index in [9.17, 15) is 4.39 Å². The van der Waals surface area contributed by atoms with Crippen LogP contribution in [-0.4, -0.2) is 9.55 Å². The van der Waals surface area contributed by atoms with E-state index in [4.69, 9.17) is 0 Å². The summed E-state index contributed by atoms with van der Waals surface area (Å²) >= 11 is 0. The van der Waals surface area contributed by atoms with Gasteiger partial charge < -0.3 is 4.57 Å². The van der Waals surface area contributed by atoms with E-state index in [-0.39, 0.29) is 5.54 Å². The molecule has 0 N–H and O–H groups in total. The maximum absolute atomic E-state index is 12.6. The zero-order valence-electron chi connectivity index (χ0n) is 7.35. The molecule has 0 aliphatic rings. The van der Waals surface area contributed by atoms with Crippen molar-refractivity contribution >= 4 is 0 Å². The predicted octanol–water partition coefficient (Wildman–Crippen LogP) is 2.09. The van der Waals surface area contributed by atoms with Crippen LogP contribution in [0.2, 0.25) is 0 Å². The maximum Gasteiger partial charge on any atom is 0.230 e. The molecule has 1 rings (SSSR count). The lowest BCUT2D eigenvalue weighted by Crippen LogP contribution is -2.22. The molecular formula is C8H13FN2. The molecule has 0 spiro atoms. The predicted molar refractivity (Wildman–Crippen MR) is 41.9 cm³/mol. The van der Waals surface area contributed by atoms with Crippen molar-refractivity contribution in [3.8, 4) is 0 Å². The summed E-state index contributed by atoms with van der Waals surface area (Å²) in [5.41, 5.74) is -0.0819. The van der Waals surface area contributed by atoms with Crippen molar-refractivity contribution in [1.29, 1.82) is 0 Å². The highest BCUT2D eigenvalue weighted by molar-refractivity contribution is 4.96. The molecule has 1 aromatic heterocycles. The second kappa shape index (κ2) is 2.32. The highest BCUT2D eigenvalue weighted by Gasteiger charge is 2.16. The number of imidazole rings is 1. The zero-order valence-corrected chi connectivity index (χ0v) is 7.35. The van der Waals surface area contributed by atoms with Crippen molar-refractivity contribution in [2.45, 2.75) is 33.2 Å². The van der Waals surface area contributed by atoms with Gasteiger partial charge in [-0.15, -0.1) is 0 Å². The van der Waals surface area contributed by atoms with Crippen molar-refractivity contribution in [1.82, 2.24) is 9.55 Å². The summed E-state index contributed by atoms with van der Waals surface area (Å²) in [4.78, 5) is 3.67. The second-order valence-corrected chi connectivity index (χ2v) is 3.65. The van der Waals surface area contributed by atoms with Crippen molar-refractivity contribution in [3.05, 3.63) is 18.0 Å². The van der Waals surface area contributed by atoms with Crippen molar-refractivity contribution in [3.63, 3.8) is 0 Å². The first-order valence-corrected chi connectivity index (χ1v) is 3.63. The Bertz CT molecular complexity index is 258. The topological polar surface area (TPSA) is 17.8 Å². The van der Waals surface area contributed by atoms with Gasteiger partial charge in [-0.1, -0.05) is 0 Å². The normalized spacial score (nSPS) is 12.1. The number of aryl methyl sites for hydroxylation is 1. The molecule has 0 atom stereocenters. The van der Waals surface area contributed by atoms with Crippen molar-refractivity contribution in [2.75, 3.05) is 0 Å². The summed E-state index contributed by atoms with van der Waals surface area (Å²) in [6.07, 6.45) is 1.43. The van der Waals surface area contributed by atoms with E-state index >= 15 is 0 Å². The fourth-order valence-electron chi connectivity index (χ4n) is 1.12. The van der Waals surface area contributed by atoms with E-state index in [1.807, 2.05) is 25.3 Å². The Morgan fingerprint density at radius 2 is 2.00 bits per heavy atom. The molecular weight excluding hydrogens is 143 g/mol. The minimum atomic E-state index is -0.405. The average molecular weight is 156 g/mol. The third-order valence-electron chi connectivity index (χ3n) is 1.58. The number of halogens is 1. The number of nitrogens with zero attached hydrogens (tertiary/aromatic N) is 2. The molecule has 3 heteroatoms. The molecule has 0 aromatic carbocycles. The van der Waals surface area contributed by atoms with Gasteiger partial charge in [-0.25, -0.2) is 4.98 Å². The van der Waals surface area contributed by atoms with Gasteiger partial charge >= 0.3 is 0 Å². The summed E-state index contributed by atoms with van der Waals surface area (Å²) in [5.74, 6) is 0.312. The molecule has 0 saturated carbocycles. The summed E-state index contributed by atoms with van der Waals surface area (Å²) < 4.78 is 14.4. The van der Waals surface area contributed by atoms with Crippen LogP contribution in [0.1, 0.15) is 26.6 Å². The summed E-state index contributed by atoms with van der Waals surface area (Å²) in [7, 11) is 0. The summed E-state index contributed by atoms with van der Waals surface area (Å²) in [5, 5.41) is 0. The minimum Gasteiger partial charge on any atom is -0.327 e. The van der Waals surface area contributed by atoms with Crippen molar-refractivity contribution < 1.29 is 4.39 Å². The molecule has 0 bridgehead atoms. The minimum absolute atomic E-state index is 0.0819. The van der Waals surface area contributed by atoms with Gasteiger partial charge in [-0.05, 0) is 27.7 Å². The third kappa shape index (κ3) is 1.59. The van der Waals surface area contributed by atoms with E-state index in [0.717, 1.165) is 5.82 Å². The fourth-order valence-corrected chi connectivity index (χ4v) is 1.12. The lowest BCUT2D eigenvalue weighted by atomic mass is 10.1. The van der Waals surface area contributed by atoms with Crippen LogP contribution in [0.3, 0.4) is 0 Å². The molecule has 11 heavy (non-hydrogen) atoms. The molecule has 1 heterocycles. The molecule has 0 aliphatic carbocycles. The van der Waals surface area contributed by atoms with Gasteiger partial charge in [-0.2, -0.15) is 4.39 Å². The summed E-state index contributed by atoms with van der Waals surface area (Å²) in [6, 6.07) is 0. The molecule has 2 nitrogen and oxygen atoms in total. The van der Waals surface area contributed by atoms with E-state index in [1.54, 1.807) is 6.92 Å². The number of aromatic nitrogens is 2. The molecule has 0 fully saturated rings. The maximum atomic E-state index is 12.6. The van der Waals surface area contributed by atoms with E-state index < -0.39 is 5.95 Å². The van der Waals surface area contributed by atoms with Gasteiger partial charge in [-0.3, -0.25) is 0 Å². The lowest BCUT2D eigenvalue weighted by molar-refractivity contribution is 0.386. The molecule has 62 valence electrons. The number of rotatable bonds is 0. The van der Waals surface area contributed by atoms with Crippen LogP contribution in [0.15, 0.2) is 6.20 Å². The Hall–Kier alpha value is -0.860. The largest absolute Gasteiger partial charge is 0.327 e. The first kappa shape index (κ1) is 8.24. The van der Waals surface area contributed by atoms with Crippen LogP contribution >= 0.6 is 0 Å². The lowest BCUT2D eigenvalue weighted by Gasteiger charge is -2.21. The number of hydrogen-bond acceptors (Lipinski definition) is 1. The van der Waals surface area contributed by atoms with Gasteiger partial charge in [0, 0.05) is 5.54 Å². The molecule has 0 aliphatic heterocycles. The SMILES string of the molecule is Cc1nc(F)cn1C(C)(C)C. The monoisotopic (exact) mass is 156 g/mol. The van der Waals surface area contributed by atoms with E-state index in [1.165, 1.54) is 6.20 Å². The molecule has 1 aromatic rings. The first-order chi connectivity index (χ1) is 4.91. The smallest absolute Gasteiger partial charge is 0.230 e. The second-order valence-electron chi connectivity index (χ2n) is 3.65. The highest BCUT2D eigenvalue weighted by atomic mass is 19.1. The first-order valence-electron chi connectivity index (χ1n) is 3.63. The molecule has 0 saturated heterocycles. The van der Waals surface area contributed by atoms with Crippen LogP contribution in [0.4, 0.5) is 4.39 Å². The quantitative estimate of drug-likeness (QED) is 0.562. The molecule has 0 radical (unpaired) electrons. The standard InChI is InChI=1S/C8H13FN2/c1-6-10-7(9)5-11(6)8(2,3)4/h5H,1-4H3. The molecule has 0 amide bonds. The molecule has 0 unspecified atom stereocenters. The van der Waals surface area contributed by atoms with Crippen molar-refractivity contribution in [2.24, 2.45) is 0 Å². The Kier molecular flexibility index (Phi) is 1.74. The van der Waals surface area contributed by atoms with Gasteiger partial charge in [0.1, 0.15) is 5.82 Å². The Labute approximate surface area is 66.1 Å². The van der Waals surface area contributed by atoms with Crippen LogP contribution in [0.5, 0.6) is 0 Å². The van der Waals surface area contributed by atoms with Crippen LogP contribution in [0, 0.1) is 12.9 Å². The van der Waals surface area contributed by atoms with Gasteiger partial charge in [0.2, 0.25) is 5.95 Å². The fraction of sp³-hybridized carbons (Fsp3) is 0.625. The highest BCUT2D eigenvalue weighted by Crippen LogP contribution is 2.16.